The number of aromatic nitrogens is 2. The zero-order valence-electron chi connectivity index (χ0n) is 13.0. The van der Waals surface area contributed by atoms with Gasteiger partial charge in [-0.2, -0.15) is 0 Å². The molecule has 1 fully saturated rings. The SMILES string of the molecule is C[C@@H]1COCCN1C(=O)CCn1c(=O)n(C)c2ccccc21. The van der Waals surface area contributed by atoms with Gasteiger partial charge in [0.15, 0.2) is 0 Å². The summed E-state index contributed by atoms with van der Waals surface area (Å²) >= 11 is 0. The zero-order valence-corrected chi connectivity index (χ0v) is 13.0. The van der Waals surface area contributed by atoms with Crippen molar-refractivity contribution in [2.75, 3.05) is 19.8 Å². The number of morpholine rings is 1. The standard InChI is InChI=1S/C16H21N3O3/c1-12-11-22-10-9-18(12)15(20)7-8-19-14-6-4-3-5-13(14)17(2)16(19)21/h3-6,12H,7-11H2,1-2H3/t12-/m1/s1. The van der Waals surface area contributed by atoms with Gasteiger partial charge in [-0.05, 0) is 19.1 Å². The van der Waals surface area contributed by atoms with Gasteiger partial charge < -0.3 is 9.64 Å². The molecule has 22 heavy (non-hydrogen) atoms. The van der Waals surface area contributed by atoms with Crippen LogP contribution < -0.4 is 5.69 Å². The minimum Gasteiger partial charge on any atom is -0.377 e. The molecule has 1 amide bonds. The highest BCUT2D eigenvalue weighted by Crippen LogP contribution is 2.13. The van der Waals surface area contributed by atoms with Crippen LogP contribution in [0.5, 0.6) is 0 Å². The van der Waals surface area contributed by atoms with Crippen LogP contribution in [0.3, 0.4) is 0 Å². The van der Waals surface area contributed by atoms with Crippen LogP contribution >= 0.6 is 0 Å². The number of hydrogen-bond donors (Lipinski definition) is 0. The molecular formula is C16H21N3O3. The van der Waals surface area contributed by atoms with Crippen LogP contribution in [0.1, 0.15) is 13.3 Å². The first-order valence-electron chi connectivity index (χ1n) is 7.61. The Morgan fingerprint density at radius 3 is 2.77 bits per heavy atom. The van der Waals surface area contributed by atoms with E-state index in [0.717, 1.165) is 11.0 Å². The summed E-state index contributed by atoms with van der Waals surface area (Å²) in [6, 6.07) is 7.75. The third-order valence-electron chi connectivity index (χ3n) is 4.29. The average Bonchev–Trinajstić information content (AvgIpc) is 2.77. The molecule has 0 N–H and O–H groups in total. The molecule has 0 radical (unpaired) electrons. The molecule has 0 spiro atoms. The van der Waals surface area contributed by atoms with Gasteiger partial charge in [0.25, 0.3) is 0 Å². The Bertz CT molecular complexity index is 747. The van der Waals surface area contributed by atoms with E-state index < -0.39 is 0 Å². The minimum atomic E-state index is -0.0796. The summed E-state index contributed by atoms with van der Waals surface area (Å²) in [6.07, 6.45) is 0.332. The number of para-hydroxylation sites is 2. The number of ether oxygens (including phenoxy) is 1. The molecule has 0 aliphatic carbocycles. The first-order valence-corrected chi connectivity index (χ1v) is 7.61. The van der Waals surface area contributed by atoms with Crippen molar-refractivity contribution < 1.29 is 9.53 Å². The Morgan fingerprint density at radius 1 is 1.32 bits per heavy atom. The van der Waals surface area contributed by atoms with E-state index in [2.05, 4.69) is 0 Å². The van der Waals surface area contributed by atoms with Crippen molar-refractivity contribution in [1.29, 1.82) is 0 Å². The summed E-state index contributed by atoms with van der Waals surface area (Å²) in [4.78, 5) is 26.6. The second-order valence-electron chi connectivity index (χ2n) is 5.74. The molecular weight excluding hydrogens is 282 g/mol. The largest absolute Gasteiger partial charge is 0.377 e. The van der Waals surface area contributed by atoms with Gasteiger partial charge in [-0.1, -0.05) is 12.1 Å². The molecule has 2 heterocycles. The highest BCUT2D eigenvalue weighted by atomic mass is 16.5. The molecule has 118 valence electrons. The molecule has 1 saturated heterocycles. The van der Waals surface area contributed by atoms with Crippen molar-refractivity contribution in [3.63, 3.8) is 0 Å². The quantitative estimate of drug-likeness (QED) is 0.849. The van der Waals surface area contributed by atoms with E-state index >= 15 is 0 Å². The number of benzene rings is 1. The van der Waals surface area contributed by atoms with Gasteiger partial charge in [0.2, 0.25) is 5.91 Å². The van der Waals surface area contributed by atoms with E-state index in [-0.39, 0.29) is 17.6 Å². The predicted octanol–water partition coefficient (Wildman–Crippen LogP) is 0.977. The second-order valence-corrected chi connectivity index (χ2v) is 5.74. The third kappa shape index (κ3) is 2.54. The van der Waals surface area contributed by atoms with E-state index in [1.165, 1.54) is 0 Å². The molecule has 1 atom stereocenters. The van der Waals surface area contributed by atoms with Gasteiger partial charge in [0.1, 0.15) is 0 Å². The predicted molar refractivity (Wildman–Crippen MR) is 83.8 cm³/mol. The Kier molecular flexibility index (Phi) is 4.02. The monoisotopic (exact) mass is 303 g/mol. The van der Waals surface area contributed by atoms with Crippen molar-refractivity contribution in [1.82, 2.24) is 14.0 Å². The third-order valence-corrected chi connectivity index (χ3v) is 4.29. The molecule has 2 aromatic rings. The summed E-state index contributed by atoms with van der Waals surface area (Å²) in [5, 5.41) is 0. The number of amides is 1. The van der Waals surface area contributed by atoms with Gasteiger partial charge in [-0.3, -0.25) is 13.9 Å². The van der Waals surface area contributed by atoms with Crippen LogP contribution in [0.4, 0.5) is 0 Å². The number of imidazole rings is 1. The fourth-order valence-electron chi connectivity index (χ4n) is 3.03. The zero-order chi connectivity index (χ0) is 15.7. The molecule has 0 unspecified atom stereocenters. The van der Waals surface area contributed by atoms with E-state index in [9.17, 15) is 9.59 Å². The maximum atomic E-state index is 12.4. The lowest BCUT2D eigenvalue weighted by Gasteiger charge is -2.33. The summed E-state index contributed by atoms with van der Waals surface area (Å²) < 4.78 is 8.65. The minimum absolute atomic E-state index is 0.0793. The normalized spacial score (nSPS) is 18.8. The lowest BCUT2D eigenvalue weighted by molar-refractivity contribution is -0.139. The van der Waals surface area contributed by atoms with Gasteiger partial charge in [0.05, 0.1) is 30.3 Å². The topological polar surface area (TPSA) is 56.5 Å². The molecule has 3 rings (SSSR count). The van der Waals surface area contributed by atoms with Crippen molar-refractivity contribution in [2.24, 2.45) is 7.05 Å². The Hall–Kier alpha value is -2.08. The van der Waals surface area contributed by atoms with E-state index in [1.807, 2.05) is 36.1 Å². The molecule has 6 nitrogen and oxygen atoms in total. The highest BCUT2D eigenvalue weighted by Gasteiger charge is 2.23. The average molecular weight is 303 g/mol. The van der Waals surface area contributed by atoms with Crippen molar-refractivity contribution >= 4 is 16.9 Å². The van der Waals surface area contributed by atoms with Crippen LogP contribution in [0.2, 0.25) is 0 Å². The Morgan fingerprint density at radius 2 is 2.05 bits per heavy atom. The Balaban J connectivity index is 1.78. The molecule has 0 saturated carbocycles. The van der Waals surface area contributed by atoms with Crippen LogP contribution in [-0.4, -0.2) is 45.7 Å². The number of aryl methyl sites for hydroxylation is 2. The lowest BCUT2D eigenvalue weighted by atomic mass is 10.2. The van der Waals surface area contributed by atoms with E-state index in [4.69, 9.17) is 4.74 Å². The molecule has 0 bridgehead atoms. The Labute approximate surface area is 128 Å². The number of fused-ring (bicyclic) bond motifs is 1. The van der Waals surface area contributed by atoms with Gasteiger partial charge in [-0.25, -0.2) is 4.79 Å². The number of rotatable bonds is 3. The molecule has 1 aromatic carbocycles. The maximum Gasteiger partial charge on any atom is 0.328 e. The van der Waals surface area contributed by atoms with E-state index in [0.29, 0.717) is 32.7 Å². The van der Waals surface area contributed by atoms with Crippen LogP contribution in [-0.2, 0) is 23.1 Å². The number of carbonyl (C=O) groups excluding carboxylic acids is 1. The smallest absolute Gasteiger partial charge is 0.328 e. The molecule has 1 aliphatic heterocycles. The fraction of sp³-hybridized carbons (Fsp3) is 0.500. The first-order chi connectivity index (χ1) is 10.6. The van der Waals surface area contributed by atoms with Gasteiger partial charge in [-0.15, -0.1) is 0 Å². The highest BCUT2D eigenvalue weighted by molar-refractivity contribution is 5.78. The lowest BCUT2D eigenvalue weighted by Crippen LogP contribution is -2.47. The molecule has 6 heteroatoms. The summed E-state index contributed by atoms with van der Waals surface area (Å²) in [7, 11) is 1.76. The fourth-order valence-corrected chi connectivity index (χ4v) is 3.03. The van der Waals surface area contributed by atoms with Crippen LogP contribution in [0.15, 0.2) is 29.1 Å². The number of hydrogen-bond acceptors (Lipinski definition) is 3. The molecule has 1 aliphatic rings. The van der Waals surface area contributed by atoms with Crippen molar-refractivity contribution in [3.05, 3.63) is 34.7 Å². The van der Waals surface area contributed by atoms with Gasteiger partial charge >= 0.3 is 5.69 Å². The second kappa shape index (κ2) is 5.96. The molecule has 1 aromatic heterocycles. The van der Waals surface area contributed by atoms with Crippen LogP contribution in [0, 0.1) is 0 Å². The summed E-state index contributed by atoms with van der Waals surface area (Å²) in [6.45, 7) is 4.19. The van der Waals surface area contributed by atoms with Crippen molar-refractivity contribution in [3.8, 4) is 0 Å². The number of nitrogens with zero attached hydrogens (tertiary/aromatic N) is 3. The van der Waals surface area contributed by atoms with Crippen LogP contribution in [0.25, 0.3) is 11.0 Å². The van der Waals surface area contributed by atoms with Gasteiger partial charge in [0, 0.05) is 26.6 Å². The summed E-state index contributed by atoms with van der Waals surface area (Å²) in [5.41, 5.74) is 1.68. The van der Waals surface area contributed by atoms with Crippen molar-refractivity contribution in [2.45, 2.75) is 25.9 Å². The number of carbonyl (C=O) groups is 1. The first kappa shape index (κ1) is 14.8. The van der Waals surface area contributed by atoms with E-state index in [1.54, 1.807) is 16.2 Å². The maximum absolute atomic E-state index is 12.4. The summed E-state index contributed by atoms with van der Waals surface area (Å²) in [5.74, 6) is 0.0793.